The first kappa shape index (κ1) is 14.2. The maximum absolute atomic E-state index is 11.7. The number of nitrogens with two attached hydrogens (primary N) is 1. The molecule has 0 unspecified atom stereocenters. The Morgan fingerprint density at radius 3 is 2.85 bits per heavy atom. The second-order valence-electron chi connectivity index (χ2n) is 4.17. The number of benzene rings is 1. The van der Waals surface area contributed by atoms with E-state index in [1.54, 1.807) is 12.1 Å². The third-order valence-electron chi connectivity index (χ3n) is 2.57. The summed E-state index contributed by atoms with van der Waals surface area (Å²) in [6.45, 7) is 1.94. The minimum absolute atomic E-state index is 0.114. The Balaban J connectivity index is 1.89. The van der Waals surface area contributed by atoms with Crippen LogP contribution in [0.25, 0.3) is 0 Å². The largest absolute Gasteiger partial charge is 0.459 e. The maximum atomic E-state index is 11.7. The Kier molecular flexibility index (Phi) is 4.47. The molecule has 0 saturated carbocycles. The van der Waals surface area contributed by atoms with Gasteiger partial charge in [-0.3, -0.25) is 14.9 Å². The molecule has 0 saturated heterocycles. The molecule has 1 aromatic carbocycles. The Morgan fingerprint density at radius 2 is 2.15 bits per heavy atom. The zero-order valence-corrected chi connectivity index (χ0v) is 11.7. The van der Waals surface area contributed by atoms with Gasteiger partial charge in [-0.25, -0.2) is 0 Å². The Labute approximate surface area is 120 Å². The van der Waals surface area contributed by atoms with Gasteiger partial charge in [0.1, 0.15) is 0 Å². The van der Waals surface area contributed by atoms with E-state index in [0.29, 0.717) is 5.69 Å². The molecular weight excluding hydrogens is 276 g/mol. The second kappa shape index (κ2) is 6.29. The van der Waals surface area contributed by atoms with Crippen molar-refractivity contribution in [3.63, 3.8) is 0 Å². The van der Waals surface area contributed by atoms with E-state index in [1.807, 2.05) is 19.1 Å². The van der Waals surface area contributed by atoms with Crippen LogP contribution in [0.5, 0.6) is 0 Å². The van der Waals surface area contributed by atoms with Crippen LogP contribution in [0.2, 0.25) is 0 Å². The lowest BCUT2D eigenvalue weighted by Crippen LogP contribution is -2.31. The van der Waals surface area contributed by atoms with Gasteiger partial charge in [0.15, 0.2) is 5.76 Å². The highest BCUT2D eigenvalue weighted by Gasteiger charge is 2.13. The van der Waals surface area contributed by atoms with Gasteiger partial charge in [0.05, 0.1) is 12.0 Å². The predicted octanol–water partition coefficient (Wildman–Crippen LogP) is 2.22. The normalized spacial score (nSPS) is 10.2. The summed E-state index contributed by atoms with van der Waals surface area (Å²) in [5.74, 6) is -0.664. The minimum Gasteiger partial charge on any atom is -0.459 e. The predicted molar refractivity (Wildman–Crippen MR) is 77.5 cm³/mol. The lowest BCUT2D eigenvalue weighted by atomic mass is 10.2. The number of aryl methyl sites for hydroxylation is 1. The Bertz CT molecular complexity index is 623. The minimum atomic E-state index is -0.537. The molecule has 0 fully saturated rings. The van der Waals surface area contributed by atoms with E-state index in [1.165, 1.54) is 24.1 Å². The SMILES string of the molecule is Cc1ccc(N)cc1SCC(=O)NC(=O)c1ccco1. The van der Waals surface area contributed by atoms with E-state index in [0.717, 1.165) is 10.5 Å². The highest BCUT2D eigenvalue weighted by Crippen LogP contribution is 2.24. The number of thioether (sulfide) groups is 1. The second-order valence-corrected chi connectivity index (χ2v) is 5.19. The van der Waals surface area contributed by atoms with Crippen molar-refractivity contribution < 1.29 is 14.0 Å². The number of anilines is 1. The van der Waals surface area contributed by atoms with Crippen molar-refractivity contribution in [1.29, 1.82) is 0 Å². The van der Waals surface area contributed by atoms with Gasteiger partial charge in [-0.15, -0.1) is 11.8 Å². The van der Waals surface area contributed by atoms with Gasteiger partial charge in [-0.2, -0.15) is 0 Å². The van der Waals surface area contributed by atoms with Crippen LogP contribution in [-0.2, 0) is 4.79 Å². The number of imide groups is 1. The van der Waals surface area contributed by atoms with Crippen molar-refractivity contribution in [2.24, 2.45) is 0 Å². The van der Waals surface area contributed by atoms with Crippen molar-refractivity contribution in [2.75, 3.05) is 11.5 Å². The quantitative estimate of drug-likeness (QED) is 0.666. The Hall–Kier alpha value is -2.21. The maximum Gasteiger partial charge on any atom is 0.293 e. The molecule has 0 radical (unpaired) electrons. The van der Waals surface area contributed by atoms with Crippen LogP contribution in [-0.4, -0.2) is 17.6 Å². The Morgan fingerprint density at radius 1 is 1.35 bits per heavy atom. The van der Waals surface area contributed by atoms with Crippen molar-refractivity contribution in [1.82, 2.24) is 5.32 Å². The van der Waals surface area contributed by atoms with E-state index < -0.39 is 5.91 Å². The number of amides is 2. The van der Waals surface area contributed by atoms with Gasteiger partial charge in [-0.05, 0) is 36.8 Å². The molecule has 1 heterocycles. The average Bonchev–Trinajstić information content (AvgIpc) is 2.94. The fraction of sp³-hybridized carbons (Fsp3) is 0.143. The highest BCUT2D eigenvalue weighted by molar-refractivity contribution is 8.00. The lowest BCUT2D eigenvalue weighted by molar-refractivity contribution is -0.117. The van der Waals surface area contributed by atoms with E-state index in [4.69, 9.17) is 10.2 Å². The summed E-state index contributed by atoms with van der Waals surface area (Å²) in [7, 11) is 0. The van der Waals surface area contributed by atoms with Crippen molar-refractivity contribution in [2.45, 2.75) is 11.8 Å². The molecule has 104 valence electrons. The number of hydrogen-bond donors (Lipinski definition) is 2. The van der Waals surface area contributed by atoms with Crippen molar-refractivity contribution in [3.05, 3.63) is 47.9 Å². The van der Waals surface area contributed by atoms with Crippen molar-refractivity contribution >= 4 is 29.3 Å². The van der Waals surface area contributed by atoms with E-state index in [9.17, 15) is 9.59 Å². The topological polar surface area (TPSA) is 85.3 Å². The fourth-order valence-electron chi connectivity index (χ4n) is 1.55. The summed E-state index contributed by atoms with van der Waals surface area (Å²) in [5.41, 5.74) is 7.38. The van der Waals surface area contributed by atoms with Crippen molar-refractivity contribution in [3.8, 4) is 0 Å². The number of carbonyl (C=O) groups excluding carboxylic acids is 2. The third-order valence-corrected chi connectivity index (χ3v) is 3.73. The van der Waals surface area contributed by atoms with Crippen LogP contribution in [0.3, 0.4) is 0 Å². The third kappa shape index (κ3) is 3.64. The zero-order chi connectivity index (χ0) is 14.5. The summed E-state index contributed by atoms with van der Waals surface area (Å²) in [4.78, 5) is 24.2. The molecule has 2 rings (SSSR count). The molecule has 1 aromatic heterocycles. The summed E-state index contributed by atoms with van der Waals surface area (Å²) in [6, 6.07) is 8.59. The molecule has 0 aliphatic rings. The van der Waals surface area contributed by atoms with E-state index in [-0.39, 0.29) is 17.4 Å². The molecule has 0 aliphatic heterocycles. The molecule has 5 nitrogen and oxygen atoms in total. The monoisotopic (exact) mass is 290 g/mol. The number of carbonyl (C=O) groups is 2. The first-order valence-electron chi connectivity index (χ1n) is 5.93. The van der Waals surface area contributed by atoms with Crippen LogP contribution in [0.4, 0.5) is 5.69 Å². The molecular formula is C14H14N2O3S. The molecule has 0 spiro atoms. The number of nitrogen functional groups attached to an aromatic ring is 1. The van der Waals surface area contributed by atoms with Gasteiger partial charge in [-0.1, -0.05) is 6.07 Å². The summed E-state index contributed by atoms with van der Waals surface area (Å²) in [6.07, 6.45) is 1.38. The van der Waals surface area contributed by atoms with Crippen LogP contribution in [0, 0.1) is 6.92 Å². The molecule has 0 atom stereocenters. The summed E-state index contributed by atoms with van der Waals surface area (Å²) < 4.78 is 4.91. The number of furan rings is 1. The zero-order valence-electron chi connectivity index (χ0n) is 10.9. The fourth-order valence-corrected chi connectivity index (χ4v) is 2.42. The molecule has 3 N–H and O–H groups in total. The number of rotatable bonds is 4. The van der Waals surface area contributed by atoms with Gasteiger partial charge >= 0.3 is 0 Å². The van der Waals surface area contributed by atoms with Gasteiger partial charge in [0, 0.05) is 10.6 Å². The van der Waals surface area contributed by atoms with Crippen LogP contribution in [0.15, 0.2) is 45.9 Å². The number of hydrogen-bond acceptors (Lipinski definition) is 5. The van der Waals surface area contributed by atoms with Gasteiger partial charge in [0.2, 0.25) is 5.91 Å². The van der Waals surface area contributed by atoms with Gasteiger partial charge < -0.3 is 10.2 Å². The first-order chi connectivity index (χ1) is 9.56. The smallest absolute Gasteiger partial charge is 0.293 e. The van der Waals surface area contributed by atoms with E-state index in [2.05, 4.69) is 5.32 Å². The van der Waals surface area contributed by atoms with Gasteiger partial charge in [0.25, 0.3) is 5.91 Å². The molecule has 2 aromatic rings. The molecule has 20 heavy (non-hydrogen) atoms. The molecule has 2 amide bonds. The average molecular weight is 290 g/mol. The van der Waals surface area contributed by atoms with E-state index >= 15 is 0 Å². The van der Waals surface area contributed by atoms with Crippen LogP contribution < -0.4 is 11.1 Å². The highest BCUT2D eigenvalue weighted by atomic mass is 32.2. The van der Waals surface area contributed by atoms with Crippen LogP contribution in [0.1, 0.15) is 16.1 Å². The van der Waals surface area contributed by atoms with Crippen LogP contribution >= 0.6 is 11.8 Å². The summed E-state index contributed by atoms with van der Waals surface area (Å²) >= 11 is 1.33. The first-order valence-corrected chi connectivity index (χ1v) is 6.91. The lowest BCUT2D eigenvalue weighted by Gasteiger charge is -2.06. The summed E-state index contributed by atoms with van der Waals surface area (Å²) in [5, 5.41) is 2.26. The number of nitrogens with one attached hydrogen (secondary N) is 1. The standard InChI is InChI=1S/C14H14N2O3S/c1-9-4-5-10(15)7-12(9)20-8-13(17)16-14(18)11-3-2-6-19-11/h2-7H,8,15H2,1H3,(H,16,17,18). The molecule has 0 aliphatic carbocycles. The molecule has 6 heteroatoms. The molecule has 0 bridgehead atoms.